The van der Waals surface area contributed by atoms with Crippen LogP contribution in [0.5, 0.6) is 0 Å². The third-order valence-corrected chi connectivity index (χ3v) is 4.00. The van der Waals surface area contributed by atoms with E-state index in [9.17, 15) is 9.18 Å². The Morgan fingerprint density at radius 3 is 2.76 bits per heavy atom. The van der Waals surface area contributed by atoms with Crippen LogP contribution in [0.25, 0.3) is 0 Å². The van der Waals surface area contributed by atoms with E-state index in [0.717, 1.165) is 12.0 Å². The first-order chi connectivity index (χ1) is 10.0. The van der Waals surface area contributed by atoms with Crippen molar-refractivity contribution in [1.82, 2.24) is 4.90 Å². The Balaban J connectivity index is 1.85. The number of anilines is 1. The minimum Gasteiger partial charge on any atom is -0.399 e. The number of carbonyl (C=O) groups is 1. The number of rotatable bonds is 1. The zero-order chi connectivity index (χ0) is 15.0. The molecular formula is C16H14ClFN2O. The van der Waals surface area contributed by atoms with Crippen LogP contribution in [0.1, 0.15) is 21.5 Å². The molecule has 21 heavy (non-hydrogen) atoms. The summed E-state index contributed by atoms with van der Waals surface area (Å²) < 4.78 is 13.5. The Morgan fingerprint density at radius 1 is 1.19 bits per heavy atom. The third kappa shape index (κ3) is 2.72. The Kier molecular flexibility index (Phi) is 3.55. The van der Waals surface area contributed by atoms with Gasteiger partial charge in [0.25, 0.3) is 5.91 Å². The summed E-state index contributed by atoms with van der Waals surface area (Å²) >= 11 is 5.64. The predicted octanol–water partition coefficient (Wildman–Crippen LogP) is 3.26. The van der Waals surface area contributed by atoms with Gasteiger partial charge in [-0.3, -0.25) is 4.79 Å². The first kappa shape index (κ1) is 13.9. The molecule has 1 aliphatic rings. The Hall–Kier alpha value is -2.07. The molecule has 2 N–H and O–H groups in total. The zero-order valence-electron chi connectivity index (χ0n) is 11.3. The second-order valence-electron chi connectivity index (χ2n) is 5.13. The second kappa shape index (κ2) is 5.37. The standard InChI is InChI=1S/C16H14ClFN2O/c17-14-4-2-11(8-15(14)18)16(21)20-6-5-10-1-3-13(19)7-12(10)9-20/h1-4,7-8H,5-6,9,19H2. The van der Waals surface area contributed by atoms with Gasteiger partial charge in [-0.25, -0.2) is 4.39 Å². The largest absolute Gasteiger partial charge is 0.399 e. The molecular weight excluding hydrogens is 291 g/mol. The molecule has 0 radical (unpaired) electrons. The average Bonchev–Trinajstić information content (AvgIpc) is 2.48. The van der Waals surface area contributed by atoms with E-state index in [0.29, 0.717) is 24.3 Å². The highest BCUT2D eigenvalue weighted by Gasteiger charge is 2.22. The number of hydrogen-bond donors (Lipinski definition) is 1. The van der Waals surface area contributed by atoms with Gasteiger partial charge < -0.3 is 10.6 Å². The summed E-state index contributed by atoms with van der Waals surface area (Å²) in [6.07, 6.45) is 0.775. The molecule has 0 saturated heterocycles. The number of carbonyl (C=O) groups excluding carboxylic acids is 1. The maximum atomic E-state index is 13.5. The maximum absolute atomic E-state index is 13.5. The lowest BCUT2D eigenvalue weighted by Crippen LogP contribution is -2.36. The number of nitrogens with zero attached hydrogens (tertiary/aromatic N) is 1. The molecule has 2 aromatic carbocycles. The van der Waals surface area contributed by atoms with E-state index in [1.54, 1.807) is 11.0 Å². The summed E-state index contributed by atoms with van der Waals surface area (Å²) in [5.74, 6) is -0.775. The first-order valence-corrected chi connectivity index (χ1v) is 7.04. The molecule has 0 saturated carbocycles. The molecule has 1 heterocycles. The Labute approximate surface area is 127 Å². The molecule has 1 aliphatic heterocycles. The van der Waals surface area contributed by atoms with Gasteiger partial charge in [-0.15, -0.1) is 0 Å². The molecule has 0 bridgehead atoms. The van der Waals surface area contributed by atoms with E-state index in [-0.39, 0.29) is 10.9 Å². The number of hydrogen-bond acceptors (Lipinski definition) is 2. The van der Waals surface area contributed by atoms with Crippen LogP contribution in [0.3, 0.4) is 0 Å². The summed E-state index contributed by atoms with van der Waals surface area (Å²) in [6.45, 7) is 1.10. The normalized spacial score (nSPS) is 13.9. The molecule has 108 valence electrons. The van der Waals surface area contributed by atoms with Crippen LogP contribution in [0.2, 0.25) is 5.02 Å². The lowest BCUT2D eigenvalue weighted by molar-refractivity contribution is 0.0734. The van der Waals surface area contributed by atoms with E-state index in [2.05, 4.69) is 0 Å². The number of fused-ring (bicyclic) bond motifs is 1. The van der Waals surface area contributed by atoms with Crippen molar-refractivity contribution >= 4 is 23.2 Å². The Bertz CT molecular complexity index is 717. The van der Waals surface area contributed by atoms with Gasteiger partial charge in [0.05, 0.1) is 5.02 Å². The lowest BCUT2D eigenvalue weighted by atomic mass is 9.98. The van der Waals surface area contributed by atoms with Crippen LogP contribution >= 0.6 is 11.6 Å². The summed E-state index contributed by atoms with van der Waals surface area (Å²) in [5, 5.41) is 0.0170. The van der Waals surface area contributed by atoms with Gasteiger partial charge in [0.1, 0.15) is 5.82 Å². The van der Waals surface area contributed by atoms with Crippen molar-refractivity contribution in [2.45, 2.75) is 13.0 Å². The lowest BCUT2D eigenvalue weighted by Gasteiger charge is -2.29. The van der Waals surface area contributed by atoms with Crippen LogP contribution in [-0.4, -0.2) is 17.4 Å². The molecule has 5 heteroatoms. The predicted molar refractivity (Wildman–Crippen MR) is 80.7 cm³/mol. The summed E-state index contributed by atoms with van der Waals surface area (Å²) in [7, 11) is 0. The molecule has 0 unspecified atom stereocenters. The Morgan fingerprint density at radius 2 is 2.00 bits per heavy atom. The molecule has 3 nitrogen and oxygen atoms in total. The smallest absolute Gasteiger partial charge is 0.254 e. The average molecular weight is 305 g/mol. The summed E-state index contributed by atoms with van der Waals surface area (Å²) in [5.41, 5.74) is 9.02. The minimum absolute atomic E-state index is 0.0170. The van der Waals surface area contributed by atoms with Crippen LogP contribution in [0, 0.1) is 5.82 Å². The van der Waals surface area contributed by atoms with Crippen molar-refractivity contribution in [2.75, 3.05) is 12.3 Å². The molecule has 1 amide bonds. The van der Waals surface area contributed by atoms with Gasteiger partial charge in [0.2, 0.25) is 0 Å². The van der Waals surface area contributed by atoms with Crippen molar-refractivity contribution in [3.63, 3.8) is 0 Å². The van der Waals surface area contributed by atoms with Crippen molar-refractivity contribution in [3.05, 3.63) is 63.9 Å². The van der Waals surface area contributed by atoms with Crippen LogP contribution in [-0.2, 0) is 13.0 Å². The fraction of sp³-hybridized carbons (Fsp3) is 0.188. The number of benzene rings is 2. The van der Waals surface area contributed by atoms with E-state index in [4.69, 9.17) is 17.3 Å². The molecule has 0 aliphatic carbocycles. The maximum Gasteiger partial charge on any atom is 0.254 e. The molecule has 2 aromatic rings. The van der Waals surface area contributed by atoms with E-state index in [1.807, 2.05) is 18.2 Å². The van der Waals surface area contributed by atoms with Crippen LogP contribution in [0.15, 0.2) is 36.4 Å². The first-order valence-electron chi connectivity index (χ1n) is 6.66. The second-order valence-corrected chi connectivity index (χ2v) is 5.54. The van der Waals surface area contributed by atoms with Crippen LogP contribution < -0.4 is 5.73 Å². The van der Waals surface area contributed by atoms with Crippen molar-refractivity contribution in [2.24, 2.45) is 0 Å². The number of halogens is 2. The fourth-order valence-corrected chi connectivity index (χ4v) is 2.68. The van der Waals surface area contributed by atoms with Crippen molar-refractivity contribution in [1.29, 1.82) is 0 Å². The number of amides is 1. The summed E-state index contributed by atoms with van der Waals surface area (Å²) in [6, 6.07) is 9.87. The van der Waals surface area contributed by atoms with E-state index in [1.165, 1.54) is 17.7 Å². The van der Waals surface area contributed by atoms with Gasteiger partial charge in [-0.05, 0) is 47.9 Å². The molecule has 0 fully saturated rings. The van der Waals surface area contributed by atoms with Crippen LogP contribution in [0.4, 0.5) is 10.1 Å². The highest BCUT2D eigenvalue weighted by molar-refractivity contribution is 6.30. The quantitative estimate of drug-likeness (QED) is 0.822. The SMILES string of the molecule is Nc1ccc2c(c1)CN(C(=O)c1ccc(Cl)c(F)c1)CC2. The number of nitrogen functional groups attached to an aromatic ring is 1. The third-order valence-electron chi connectivity index (χ3n) is 3.70. The van der Waals surface area contributed by atoms with Gasteiger partial charge in [0, 0.05) is 24.3 Å². The fourth-order valence-electron chi connectivity index (χ4n) is 2.56. The molecule has 0 aromatic heterocycles. The highest BCUT2D eigenvalue weighted by Crippen LogP contribution is 2.23. The molecule has 0 atom stereocenters. The van der Waals surface area contributed by atoms with Gasteiger partial charge in [-0.2, -0.15) is 0 Å². The van der Waals surface area contributed by atoms with Gasteiger partial charge >= 0.3 is 0 Å². The minimum atomic E-state index is -0.579. The van der Waals surface area contributed by atoms with Crippen molar-refractivity contribution in [3.8, 4) is 0 Å². The number of nitrogens with two attached hydrogens (primary N) is 1. The highest BCUT2D eigenvalue weighted by atomic mass is 35.5. The zero-order valence-corrected chi connectivity index (χ0v) is 12.0. The van der Waals surface area contributed by atoms with Crippen molar-refractivity contribution < 1.29 is 9.18 Å². The van der Waals surface area contributed by atoms with Gasteiger partial charge in [-0.1, -0.05) is 17.7 Å². The summed E-state index contributed by atoms with van der Waals surface area (Å²) in [4.78, 5) is 14.1. The topological polar surface area (TPSA) is 46.3 Å². The molecule has 0 spiro atoms. The van der Waals surface area contributed by atoms with E-state index >= 15 is 0 Å². The monoisotopic (exact) mass is 304 g/mol. The molecule has 3 rings (SSSR count). The van der Waals surface area contributed by atoms with E-state index < -0.39 is 5.82 Å². The van der Waals surface area contributed by atoms with Gasteiger partial charge in [0.15, 0.2) is 0 Å².